The lowest BCUT2D eigenvalue weighted by Gasteiger charge is -2.34. The van der Waals surface area contributed by atoms with E-state index in [0.29, 0.717) is 0 Å². The molecular formula is C16H20N2O. The molecule has 1 fully saturated rings. The van der Waals surface area contributed by atoms with Gasteiger partial charge in [-0.25, -0.2) is 0 Å². The van der Waals surface area contributed by atoms with E-state index >= 15 is 0 Å². The molecule has 0 spiro atoms. The van der Waals surface area contributed by atoms with Gasteiger partial charge in [0.2, 0.25) is 0 Å². The van der Waals surface area contributed by atoms with Gasteiger partial charge in [0.15, 0.2) is 0 Å². The molecule has 1 aromatic heterocycles. The Morgan fingerprint density at radius 2 is 1.95 bits per heavy atom. The molecule has 0 bridgehead atoms. The Morgan fingerprint density at radius 3 is 2.68 bits per heavy atom. The van der Waals surface area contributed by atoms with Crippen molar-refractivity contribution in [3.63, 3.8) is 0 Å². The number of aromatic nitrogens is 1. The zero-order valence-corrected chi connectivity index (χ0v) is 11.4. The Hall–Kier alpha value is -1.61. The summed E-state index contributed by atoms with van der Waals surface area (Å²) in [5.41, 5.74) is 8.68. The first-order valence-corrected chi connectivity index (χ1v) is 6.95. The molecule has 1 saturated carbocycles. The summed E-state index contributed by atoms with van der Waals surface area (Å²) >= 11 is 0. The molecule has 0 unspecified atom stereocenters. The van der Waals surface area contributed by atoms with Crippen molar-refractivity contribution in [1.82, 2.24) is 4.98 Å². The predicted octanol–water partition coefficient (Wildman–Crippen LogP) is 3.36. The number of pyridine rings is 1. The molecular weight excluding hydrogens is 236 g/mol. The standard InChI is InChI=1S/C16H20N2O/c1-19-12-5-6-15-13(11-12)14(7-10-18-15)16(17)8-3-2-4-9-16/h5-7,10-11H,2-4,8-9,17H2,1H3. The van der Waals surface area contributed by atoms with Gasteiger partial charge in [0.25, 0.3) is 0 Å². The van der Waals surface area contributed by atoms with E-state index in [1.54, 1.807) is 7.11 Å². The summed E-state index contributed by atoms with van der Waals surface area (Å²) in [6.07, 6.45) is 7.71. The van der Waals surface area contributed by atoms with Crippen molar-refractivity contribution < 1.29 is 4.74 Å². The Morgan fingerprint density at radius 1 is 1.16 bits per heavy atom. The van der Waals surface area contributed by atoms with Gasteiger partial charge in [-0.3, -0.25) is 4.98 Å². The summed E-state index contributed by atoms with van der Waals surface area (Å²) in [5.74, 6) is 0.862. The Kier molecular flexibility index (Phi) is 3.15. The topological polar surface area (TPSA) is 48.1 Å². The smallest absolute Gasteiger partial charge is 0.119 e. The summed E-state index contributed by atoms with van der Waals surface area (Å²) in [5, 5.41) is 1.13. The second kappa shape index (κ2) is 4.82. The average molecular weight is 256 g/mol. The summed E-state index contributed by atoms with van der Waals surface area (Å²) in [6, 6.07) is 8.08. The molecule has 0 atom stereocenters. The predicted molar refractivity (Wildman–Crippen MR) is 77.2 cm³/mol. The van der Waals surface area contributed by atoms with E-state index in [9.17, 15) is 0 Å². The number of hydrogen-bond donors (Lipinski definition) is 1. The molecule has 0 saturated heterocycles. The average Bonchev–Trinajstić information content (AvgIpc) is 2.46. The zero-order chi connectivity index (χ0) is 13.3. The Balaban J connectivity index is 2.16. The van der Waals surface area contributed by atoms with Crippen LogP contribution in [0.3, 0.4) is 0 Å². The molecule has 100 valence electrons. The SMILES string of the molecule is COc1ccc2nccc(C3(N)CCCCC3)c2c1. The third-order valence-electron chi connectivity index (χ3n) is 4.23. The fourth-order valence-electron chi connectivity index (χ4n) is 3.14. The fourth-order valence-corrected chi connectivity index (χ4v) is 3.14. The van der Waals surface area contributed by atoms with Gasteiger partial charge in [0.1, 0.15) is 5.75 Å². The fraction of sp³-hybridized carbons (Fsp3) is 0.438. The molecule has 1 aromatic carbocycles. The largest absolute Gasteiger partial charge is 0.497 e. The number of ether oxygens (including phenoxy) is 1. The highest BCUT2D eigenvalue weighted by molar-refractivity contribution is 5.84. The molecule has 0 aliphatic heterocycles. The van der Waals surface area contributed by atoms with E-state index in [4.69, 9.17) is 10.5 Å². The first kappa shape index (κ1) is 12.4. The Labute approximate surface area is 113 Å². The minimum Gasteiger partial charge on any atom is -0.497 e. The van der Waals surface area contributed by atoms with Crippen LogP contribution in [0.5, 0.6) is 5.75 Å². The Bertz CT molecular complexity index is 588. The van der Waals surface area contributed by atoms with E-state index in [0.717, 1.165) is 29.5 Å². The second-order valence-electron chi connectivity index (χ2n) is 5.46. The van der Waals surface area contributed by atoms with Crippen molar-refractivity contribution in [3.8, 4) is 5.75 Å². The van der Waals surface area contributed by atoms with Crippen molar-refractivity contribution >= 4 is 10.9 Å². The van der Waals surface area contributed by atoms with Crippen molar-refractivity contribution in [2.75, 3.05) is 7.11 Å². The quantitative estimate of drug-likeness (QED) is 0.896. The van der Waals surface area contributed by atoms with Crippen LogP contribution in [0, 0.1) is 0 Å². The molecule has 3 heteroatoms. The van der Waals surface area contributed by atoms with Crippen LogP contribution in [-0.4, -0.2) is 12.1 Å². The van der Waals surface area contributed by atoms with Crippen molar-refractivity contribution in [1.29, 1.82) is 0 Å². The number of benzene rings is 1. The normalized spacial score (nSPS) is 18.4. The maximum absolute atomic E-state index is 6.67. The van der Waals surface area contributed by atoms with Crippen molar-refractivity contribution in [3.05, 3.63) is 36.0 Å². The van der Waals surface area contributed by atoms with Gasteiger partial charge >= 0.3 is 0 Å². The molecule has 2 aromatic rings. The van der Waals surface area contributed by atoms with Crippen LogP contribution >= 0.6 is 0 Å². The zero-order valence-electron chi connectivity index (χ0n) is 11.4. The van der Waals surface area contributed by atoms with Crippen LogP contribution in [0.25, 0.3) is 10.9 Å². The van der Waals surface area contributed by atoms with Crippen LogP contribution in [-0.2, 0) is 5.54 Å². The lowest BCUT2D eigenvalue weighted by molar-refractivity contribution is 0.304. The first-order valence-electron chi connectivity index (χ1n) is 6.95. The van der Waals surface area contributed by atoms with Crippen molar-refractivity contribution in [2.45, 2.75) is 37.6 Å². The van der Waals surface area contributed by atoms with E-state index in [-0.39, 0.29) is 5.54 Å². The number of fused-ring (bicyclic) bond motifs is 1. The minimum atomic E-state index is -0.203. The van der Waals surface area contributed by atoms with Crippen LogP contribution in [0.1, 0.15) is 37.7 Å². The highest BCUT2D eigenvalue weighted by Crippen LogP contribution is 2.38. The molecule has 3 nitrogen and oxygen atoms in total. The van der Waals surface area contributed by atoms with Gasteiger partial charge in [0.05, 0.1) is 12.6 Å². The minimum absolute atomic E-state index is 0.203. The molecule has 0 amide bonds. The van der Waals surface area contributed by atoms with Crippen molar-refractivity contribution in [2.24, 2.45) is 5.73 Å². The molecule has 1 aliphatic rings. The van der Waals surface area contributed by atoms with Gasteiger partial charge in [-0.15, -0.1) is 0 Å². The highest BCUT2D eigenvalue weighted by Gasteiger charge is 2.30. The summed E-state index contributed by atoms with van der Waals surface area (Å²) in [6.45, 7) is 0. The maximum atomic E-state index is 6.67. The van der Waals surface area contributed by atoms with Crippen LogP contribution in [0.15, 0.2) is 30.5 Å². The summed E-state index contributed by atoms with van der Waals surface area (Å²) in [4.78, 5) is 4.43. The van der Waals surface area contributed by atoms with Crippen LogP contribution in [0.4, 0.5) is 0 Å². The third-order valence-corrected chi connectivity index (χ3v) is 4.23. The lowest BCUT2D eigenvalue weighted by atomic mass is 9.76. The molecule has 0 radical (unpaired) electrons. The van der Waals surface area contributed by atoms with Crippen LogP contribution < -0.4 is 10.5 Å². The van der Waals surface area contributed by atoms with Gasteiger partial charge in [-0.05, 0) is 42.7 Å². The van der Waals surface area contributed by atoms with Gasteiger partial charge in [0, 0.05) is 17.1 Å². The molecule has 1 aliphatic carbocycles. The van der Waals surface area contributed by atoms with Gasteiger partial charge in [-0.1, -0.05) is 19.3 Å². The lowest BCUT2D eigenvalue weighted by Crippen LogP contribution is -2.38. The number of nitrogens with two attached hydrogens (primary N) is 1. The number of methoxy groups -OCH3 is 1. The third kappa shape index (κ3) is 2.19. The summed E-state index contributed by atoms with van der Waals surface area (Å²) in [7, 11) is 1.69. The first-order chi connectivity index (χ1) is 9.23. The van der Waals surface area contributed by atoms with E-state index < -0.39 is 0 Å². The van der Waals surface area contributed by atoms with E-state index in [2.05, 4.69) is 17.1 Å². The molecule has 19 heavy (non-hydrogen) atoms. The number of hydrogen-bond acceptors (Lipinski definition) is 3. The van der Waals surface area contributed by atoms with E-state index in [1.807, 2.05) is 18.3 Å². The summed E-state index contributed by atoms with van der Waals surface area (Å²) < 4.78 is 5.33. The highest BCUT2D eigenvalue weighted by atomic mass is 16.5. The number of nitrogens with zero attached hydrogens (tertiary/aromatic N) is 1. The molecule has 2 N–H and O–H groups in total. The maximum Gasteiger partial charge on any atom is 0.119 e. The van der Waals surface area contributed by atoms with Crippen LogP contribution in [0.2, 0.25) is 0 Å². The van der Waals surface area contributed by atoms with Gasteiger partial charge in [-0.2, -0.15) is 0 Å². The molecule has 3 rings (SSSR count). The molecule has 1 heterocycles. The number of rotatable bonds is 2. The second-order valence-corrected chi connectivity index (χ2v) is 5.46. The van der Waals surface area contributed by atoms with Gasteiger partial charge < -0.3 is 10.5 Å². The van der Waals surface area contributed by atoms with E-state index in [1.165, 1.54) is 24.8 Å². The monoisotopic (exact) mass is 256 g/mol.